The molecule has 0 unspecified atom stereocenters. The number of anilines is 1. The van der Waals surface area contributed by atoms with E-state index in [0.717, 1.165) is 0 Å². The van der Waals surface area contributed by atoms with Crippen LogP contribution >= 0.6 is 11.6 Å². The zero-order valence-corrected chi connectivity index (χ0v) is 10.5. The third-order valence-electron chi connectivity index (χ3n) is 2.64. The first-order valence-corrected chi connectivity index (χ1v) is 5.80. The van der Waals surface area contributed by atoms with Crippen LogP contribution in [0.3, 0.4) is 0 Å². The van der Waals surface area contributed by atoms with Gasteiger partial charge in [0.2, 0.25) is 0 Å². The van der Waals surface area contributed by atoms with Crippen LogP contribution in [-0.2, 0) is 0 Å². The first-order valence-electron chi connectivity index (χ1n) is 5.42. The Kier molecular flexibility index (Phi) is 3.53. The van der Waals surface area contributed by atoms with Gasteiger partial charge in [-0.1, -0.05) is 29.8 Å². The molecule has 0 radical (unpaired) electrons. The van der Waals surface area contributed by atoms with E-state index in [9.17, 15) is 9.59 Å². The number of nitrogen functional groups attached to an aromatic ring is 1. The Labute approximate surface area is 114 Å². The van der Waals surface area contributed by atoms with Gasteiger partial charge in [-0.15, -0.1) is 0 Å². The molecule has 0 amide bonds. The van der Waals surface area contributed by atoms with E-state index in [1.54, 1.807) is 18.2 Å². The Morgan fingerprint density at radius 3 is 2.26 bits per heavy atom. The maximum absolute atomic E-state index is 12.3. The molecule has 0 saturated heterocycles. The van der Waals surface area contributed by atoms with E-state index in [4.69, 9.17) is 22.4 Å². The third-order valence-corrected chi connectivity index (χ3v) is 2.97. The van der Waals surface area contributed by atoms with Crippen LogP contribution in [0.5, 0.6) is 0 Å². The van der Waals surface area contributed by atoms with Crippen LogP contribution in [0.25, 0.3) is 0 Å². The lowest BCUT2D eigenvalue weighted by molar-refractivity contribution is 0.0693. The Morgan fingerprint density at radius 1 is 1.00 bits per heavy atom. The molecule has 0 heterocycles. The van der Waals surface area contributed by atoms with Gasteiger partial charge in [-0.05, 0) is 24.3 Å². The summed E-state index contributed by atoms with van der Waals surface area (Å²) in [5.74, 6) is -1.63. The number of carbonyl (C=O) groups is 2. The summed E-state index contributed by atoms with van der Waals surface area (Å²) in [6.07, 6.45) is 0. The molecule has 5 heteroatoms. The topological polar surface area (TPSA) is 80.4 Å². The van der Waals surface area contributed by atoms with Crippen molar-refractivity contribution in [2.45, 2.75) is 0 Å². The number of carboxylic acids is 1. The standard InChI is InChI=1S/C14H10ClNO3/c15-12-6-5-8(16)7-11(12)13(17)9-3-1-2-4-10(9)14(18)19/h1-7H,16H2,(H,18,19). The van der Waals surface area contributed by atoms with Crippen LogP contribution in [0.1, 0.15) is 26.3 Å². The molecular formula is C14H10ClNO3. The molecule has 0 atom stereocenters. The monoisotopic (exact) mass is 275 g/mol. The molecule has 3 N–H and O–H groups in total. The fraction of sp³-hybridized carbons (Fsp3) is 0. The second-order valence-electron chi connectivity index (χ2n) is 3.92. The van der Waals surface area contributed by atoms with Crippen LogP contribution in [0.2, 0.25) is 5.02 Å². The fourth-order valence-electron chi connectivity index (χ4n) is 1.73. The van der Waals surface area contributed by atoms with Crippen molar-refractivity contribution in [1.29, 1.82) is 0 Å². The van der Waals surface area contributed by atoms with Crippen molar-refractivity contribution in [3.05, 3.63) is 64.2 Å². The van der Waals surface area contributed by atoms with Crippen molar-refractivity contribution in [2.75, 3.05) is 5.73 Å². The number of rotatable bonds is 3. The zero-order valence-electron chi connectivity index (χ0n) is 9.76. The predicted molar refractivity (Wildman–Crippen MR) is 72.7 cm³/mol. The number of hydrogen-bond donors (Lipinski definition) is 2. The van der Waals surface area contributed by atoms with Crippen LogP contribution < -0.4 is 5.73 Å². The molecule has 0 aliphatic rings. The highest BCUT2D eigenvalue weighted by molar-refractivity contribution is 6.35. The normalized spacial score (nSPS) is 10.2. The van der Waals surface area contributed by atoms with E-state index < -0.39 is 11.8 Å². The number of ketones is 1. The molecule has 2 aromatic carbocycles. The number of benzene rings is 2. The van der Waals surface area contributed by atoms with Gasteiger partial charge in [-0.2, -0.15) is 0 Å². The first kappa shape index (κ1) is 13.1. The second kappa shape index (κ2) is 5.12. The number of carboxylic acid groups (broad SMARTS) is 1. The largest absolute Gasteiger partial charge is 0.478 e. The van der Waals surface area contributed by atoms with Gasteiger partial charge in [0.05, 0.1) is 10.6 Å². The summed E-state index contributed by atoms with van der Waals surface area (Å²) >= 11 is 5.95. The second-order valence-corrected chi connectivity index (χ2v) is 4.33. The van der Waals surface area contributed by atoms with Crippen molar-refractivity contribution < 1.29 is 14.7 Å². The van der Waals surface area contributed by atoms with Crippen molar-refractivity contribution >= 4 is 29.0 Å². The summed E-state index contributed by atoms with van der Waals surface area (Å²) in [5.41, 5.74) is 6.22. The highest BCUT2D eigenvalue weighted by Gasteiger charge is 2.19. The minimum atomic E-state index is -1.16. The van der Waals surface area contributed by atoms with E-state index in [1.165, 1.54) is 24.3 Å². The predicted octanol–water partition coefficient (Wildman–Crippen LogP) is 2.85. The minimum Gasteiger partial charge on any atom is -0.478 e. The number of hydrogen-bond acceptors (Lipinski definition) is 3. The lowest BCUT2D eigenvalue weighted by atomic mass is 9.98. The van der Waals surface area contributed by atoms with Gasteiger partial charge in [-0.25, -0.2) is 4.79 Å². The first-order chi connectivity index (χ1) is 9.00. The molecular weight excluding hydrogens is 266 g/mol. The summed E-state index contributed by atoms with van der Waals surface area (Å²) < 4.78 is 0. The van der Waals surface area contributed by atoms with Gasteiger partial charge in [0.1, 0.15) is 0 Å². The summed E-state index contributed by atoms with van der Waals surface area (Å²) in [4.78, 5) is 23.4. The maximum atomic E-state index is 12.3. The highest BCUT2D eigenvalue weighted by atomic mass is 35.5. The average molecular weight is 276 g/mol. The number of nitrogens with two attached hydrogens (primary N) is 1. The molecule has 0 bridgehead atoms. The molecule has 0 fully saturated rings. The average Bonchev–Trinajstić information content (AvgIpc) is 2.40. The van der Waals surface area contributed by atoms with E-state index in [0.29, 0.717) is 5.69 Å². The SMILES string of the molecule is Nc1ccc(Cl)c(C(=O)c2ccccc2C(=O)O)c1. The molecule has 0 saturated carbocycles. The van der Waals surface area contributed by atoms with Gasteiger partial charge in [-0.3, -0.25) is 4.79 Å². The quantitative estimate of drug-likeness (QED) is 0.667. The van der Waals surface area contributed by atoms with Crippen molar-refractivity contribution in [3.8, 4) is 0 Å². The Morgan fingerprint density at radius 2 is 1.63 bits per heavy atom. The van der Waals surface area contributed by atoms with Gasteiger partial charge in [0.15, 0.2) is 5.78 Å². The fourth-order valence-corrected chi connectivity index (χ4v) is 1.93. The smallest absolute Gasteiger partial charge is 0.336 e. The summed E-state index contributed by atoms with van der Waals surface area (Å²) in [5, 5.41) is 9.31. The molecule has 4 nitrogen and oxygen atoms in total. The molecule has 2 aromatic rings. The lowest BCUT2D eigenvalue weighted by Crippen LogP contribution is -2.10. The van der Waals surface area contributed by atoms with Gasteiger partial charge in [0.25, 0.3) is 0 Å². The minimum absolute atomic E-state index is 0.0639. The molecule has 96 valence electrons. The van der Waals surface area contributed by atoms with Gasteiger partial charge < -0.3 is 10.8 Å². The van der Waals surface area contributed by atoms with Crippen LogP contribution in [0.15, 0.2) is 42.5 Å². The van der Waals surface area contributed by atoms with E-state index >= 15 is 0 Å². The Hall–Kier alpha value is -2.33. The van der Waals surface area contributed by atoms with Crippen LogP contribution in [0, 0.1) is 0 Å². The summed E-state index contributed by atoms with van der Waals surface area (Å²) in [6, 6.07) is 10.5. The lowest BCUT2D eigenvalue weighted by Gasteiger charge is -2.07. The van der Waals surface area contributed by atoms with E-state index in [2.05, 4.69) is 0 Å². The summed E-state index contributed by atoms with van der Waals surface area (Å²) in [6.45, 7) is 0. The number of carbonyl (C=O) groups excluding carboxylic acids is 1. The van der Waals surface area contributed by atoms with Crippen molar-refractivity contribution in [1.82, 2.24) is 0 Å². The zero-order chi connectivity index (χ0) is 14.0. The summed E-state index contributed by atoms with van der Waals surface area (Å²) in [7, 11) is 0. The molecule has 0 spiro atoms. The van der Waals surface area contributed by atoms with Gasteiger partial charge in [0, 0.05) is 16.8 Å². The van der Waals surface area contributed by atoms with E-state index in [-0.39, 0.29) is 21.7 Å². The van der Waals surface area contributed by atoms with Crippen molar-refractivity contribution in [3.63, 3.8) is 0 Å². The number of aromatic carboxylic acids is 1. The molecule has 0 aliphatic carbocycles. The maximum Gasteiger partial charge on any atom is 0.336 e. The number of halogens is 1. The highest BCUT2D eigenvalue weighted by Crippen LogP contribution is 2.23. The third kappa shape index (κ3) is 2.58. The Bertz CT molecular complexity index is 667. The van der Waals surface area contributed by atoms with Crippen LogP contribution in [-0.4, -0.2) is 16.9 Å². The molecule has 0 aromatic heterocycles. The van der Waals surface area contributed by atoms with Gasteiger partial charge >= 0.3 is 5.97 Å². The molecule has 2 rings (SSSR count). The van der Waals surface area contributed by atoms with Crippen molar-refractivity contribution in [2.24, 2.45) is 0 Å². The van der Waals surface area contributed by atoms with Crippen LogP contribution in [0.4, 0.5) is 5.69 Å². The van der Waals surface area contributed by atoms with E-state index in [1.807, 2.05) is 0 Å². The molecule has 19 heavy (non-hydrogen) atoms. The Balaban J connectivity index is 2.56. The molecule has 0 aliphatic heterocycles.